The van der Waals surface area contributed by atoms with E-state index < -0.39 is 16.1 Å². The van der Waals surface area contributed by atoms with Gasteiger partial charge in [0.1, 0.15) is 0 Å². The van der Waals surface area contributed by atoms with Gasteiger partial charge in [-0.2, -0.15) is 0 Å². The number of carbonyl (C=O) groups is 1. The SMILES string of the molecule is Cc1ccc(S(=O)(=O)NC(=O)N[C@@H]2CCN3CCCc4cccc2c43)cc1. The molecule has 0 unspecified atom stereocenters. The minimum Gasteiger partial charge on any atom is -0.371 e. The number of hydrogen-bond donors (Lipinski definition) is 2. The summed E-state index contributed by atoms with van der Waals surface area (Å²) < 4.78 is 27.0. The molecule has 2 heterocycles. The number of hydrogen-bond acceptors (Lipinski definition) is 4. The highest BCUT2D eigenvalue weighted by molar-refractivity contribution is 7.90. The van der Waals surface area contributed by atoms with Crippen LogP contribution in [0.2, 0.25) is 0 Å². The van der Waals surface area contributed by atoms with Crippen molar-refractivity contribution in [3.05, 3.63) is 59.2 Å². The zero-order valence-corrected chi connectivity index (χ0v) is 16.1. The summed E-state index contributed by atoms with van der Waals surface area (Å²) >= 11 is 0. The number of para-hydroxylation sites is 1. The van der Waals surface area contributed by atoms with Crippen molar-refractivity contribution < 1.29 is 13.2 Å². The molecule has 0 aliphatic carbocycles. The maximum Gasteiger partial charge on any atom is 0.329 e. The first-order valence-electron chi connectivity index (χ1n) is 9.21. The maximum absolute atomic E-state index is 12.4. The van der Waals surface area contributed by atoms with Gasteiger partial charge in [0.2, 0.25) is 0 Å². The molecule has 0 aromatic heterocycles. The zero-order chi connectivity index (χ0) is 19.0. The summed E-state index contributed by atoms with van der Waals surface area (Å²) in [5.41, 5.74) is 4.54. The van der Waals surface area contributed by atoms with Gasteiger partial charge in [0.25, 0.3) is 10.0 Å². The predicted molar refractivity (Wildman–Crippen MR) is 104 cm³/mol. The van der Waals surface area contributed by atoms with Crippen LogP contribution in [-0.4, -0.2) is 27.5 Å². The Hall–Kier alpha value is -2.54. The molecule has 4 rings (SSSR count). The molecule has 0 bridgehead atoms. The van der Waals surface area contributed by atoms with E-state index in [4.69, 9.17) is 0 Å². The topological polar surface area (TPSA) is 78.5 Å². The number of sulfonamides is 1. The smallest absolute Gasteiger partial charge is 0.329 e. The Balaban J connectivity index is 1.51. The van der Waals surface area contributed by atoms with Crippen LogP contribution < -0.4 is 14.9 Å². The fourth-order valence-electron chi connectivity index (χ4n) is 3.95. The van der Waals surface area contributed by atoms with Gasteiger partial charge in [-0.3, -0.25) is 0 Å². The van der Waals surface area contributed by atoms with Crippen LogP contribution in [-0.2, 0) is 16.4 Å². The van der Waals surface area contributed by atoms with E-state index in [1.807, 2.05) is 19.1 Å². The van der Waals surface area contributed by atoms with E-state index in [1.54, 1.807) is 12.1 Å². The molecular formula is C20H23N3O3S. The van der Waals surface area contributed by atoms with Crippen molar-refractivity contribution in [1.82, 2.24) is 10.0 Å². The highest BCUT2D eigenvalue weighted by Gasteiger charge is 2.30. The Morgan fingerprint density at radius 1 is 1.11 bits per heavy atom. The van der Waals surface area contributed by atoms with Crippen LogP contribution in [0.5, 0.6) is 0 Å². The van der Waals surface area contributed by atoms with Gasteiger partial charge in [0.05, 0.1) is 10.9 Å². The van der Waals surface area contributed by atoms with Gasteiger partial charge in [0.15, 0.2) is 0 Å². The van der Waals surface area contributed by atoms with Crippen molar-refractivity contribution in [1.29, 1.82) is 0 Å². The van der Waals surface area contributed by atoms with E-state index in [2.05, 4.69) is 21.0 Å². The average molecular weight is 385 g/mol. The van der Waals surface area contributed by atoms with Crippen LogP contribution in [0.4, 0.5) is 10.5 Å². The number of nitrogens with zero attached hydrogens (tertiary/aromatic N) is 1. The molecule has 1 atom stereocenters. The number of amides is 2. The molecule has 0 fully saturated rings. The highest BCUT2D eigenvalue weighted by atomic mass is 32.2. The van der Waals surface area contributed by atoms with E-state index >= 15 is 0 Å². The summed E-state index contributed by atoms with van der Waals surface area (Å²) in [5, 5.41) is 2.85. The third-order valence-corrected chi connectivity index (χ3v) is 6.61. The molecule has 0 spiro atoms. The third-order valence-electron chi connectivity index (χ3n) is 5.27. The normalized spacial score (nSPS) is 18.6. The predicted octanol–water partition coefficient (Wildman–Crippen LogP) is 2.88. The van der Waals surface area contributed by atoms with E-state index in [9.17, 15) is 13.2 Å². The van der Waals surface area contributed by atoms with Crippen molar-refractivity contribution in [2.75, 3.05) is 18.0 Å². The lowest BCUT2D eigenvalue weighted by atomic mass is 9.89. The summed E-state index contributed by atoms with van der Waals surface area (Å²) in [6, 6.07) is 11.7. The average Bonchev–Trinajstić information content (AvgIpc) is 2.64. The van der Waals surface area contributed by atoms with Crippen molar-refractivity contribution in [2.24, 2.45) is 0 Å². The van der Waals surface area contributed by atoms with E-state index in [-0.39, 0.29) is 10.9 Å². The fraction of sp³-hybridized carbons (Fsp3) is 0.350. The molecule has 7 heteroatoms. The number of nitrogens with one attached hydrogen (secondary N) is 2. The number of aryl methyl sites for hydroxylation is 2. The lowest BCUT2D eigenvalue weighted by Crippen LogP contribution is -2.45. The van der Waals surface area contributed by atoms with E-state index in [1.165, 1.54) is 23.4 Å². The molecule has 27 heavy (non-hydrogen) atoms. The van der Waals surface area contributed by atoms with Gasteiger partial charge in [-0.05, 0) is 49.4 Å². The van der Waals surface area contributed by atoms with E-state index in [0.29, 0.717) is 0 Å². The van der Waals surface area contributed by atoms with Crippen molar-refractivity contribution in [3.8, 4) is 0 Å². The summed E-state index contributed by atoms with van der Waals surface area (Å²) in [6.45, 7) is 3.77. The van der Waals surface area contributed by atoms with Crippen LogP contribution in [0.3, 0.4) is 0 Å². The lowest BCUT2D eigenvalue weighted by Gasteiger charge is -2.40. The summed E-state index contributed by atoms with van der Waals surface area (Å²) in [7, 11) is -3.89. The van der Waals surface area contributed by atoms with Crippen LogP contribution in [0.15, 0.2) is 47.4 Å². The first-order valence-corrected chi connectivity index (χ1v) is 10.7. The van der Waals surface area contributed by atoms with Gasteiger partial charge in [-0.25, -0.2) is 17.9 Å². The Labute approximate surface area is 159 Å². The monoisotopic (exact) mass is 385 g/mol. The van der Waals surface area contributed by atoms with Gasteiger partial charge in [0, 0.05) is 18.8 Å². The largest absolute Gasteiger partial charge is 0.371 e. The van der Waals surface area contributed by atoms with Crippen molar-refractivity contribution in [3.63, 3.8) is 0 Å². The number of rotatable bonds is 3. The van der Waals surface area contributed by atoms with E-state index in [0.717, 1.165) is 43.5 Å². The maximum atomic E-state index is 12.4. The molecule has 2 amide bonds. The molecule has 0 saturated carbocycles. The summed E-state index contributed by atoms with van der Waals surface area (Å²) in [5.74, 6) is 0. The Kier molecular flexibility index (Phi) is 4.55. The minimum atomic E-state index is -3.89. The minimum absolute atomic E-state index is 0.0789. The van der Waals surface area contributed by atoms with Gasteiger partial charge < -0.3 is 10.2 Å². The van der Waals surface area contributed by atoms with Crippen molar-refractivity contribution >= 4 is 21.7 Å². The summed E-state index contributed by atoms with van der Waals surface area (Å²) in [4.78, 5) is 14.9. The number of carbonyl (C=O) groups excluding carboxylic acids is 1. The van der Waals surface area contributed by atoms with Crippen LogP contribution in [0.1, 0.15) is 35.6 Å². The van der Waals surface area contributed by atoms with Crippen LogP contribution >= 0.6 is 0 Å². The number of anilines is 1. The molecule has 0 radical (unpaired) electrons. The quantitative estimate of drug-likeness (QED) is 0.852. The van der Waals surface area contributed by atoms with Gasteiger partial charge in [-0.15, -0.1) is 0 Å². The molecule has 2 aliphatic heterocycles. The Morgan fingerprint density at radius 3 is 2.67 bits per heavy atom. The highest BCUT2D eigenvalue weighted by Crippen LogP contribution is 2.39. The number of urea groups is 1. The molecule has 2 aromatic carbocycles. The first-order chi connectivity index (χ1) is 12.9. The Morgan fingerprint density at radius 2 is 1.89 bits per heavy atom. The zero-order valence-electron chi connectivity index (χ0n) is 15.2. The number of benzene rings is 2. The first kappa shape index (κ1) is 17.9. The molecular weight excluding hydrogens is 362 g/mol. The molecule has 2 N–H and O–H groups in total. The molecule has 6 nitrogen and oxygen atoms in total. The van der Waals surface area contributed by atoms with Crippen LogP contribution in [0, 0.1) is 6.92 Å². The van der Waals surface area contributed by atoms with Gasteiger partial charge in [-0.1, -0.05) is 35.9 Å². The molecule has 2 aromatic rings. The summed E-state index contributed by atoms with van der Waals surface area (Å²) in [6.07, 6.45) is 2.94. The van der Waals surface area contributed by atoms with Gasteiger partial charge >= 0.3 is 6.03 Å². The molecule has 142 valence electrons. The molecule has 2 aliphatic rings. The second kappa shape index (κ2) is 6.88. The fourth-order valence-corrected chi connectivity index (χ4v) is 4.87. The second-order valence-electron chi connectivity index (χ2n) is 7.18. The molecule has 0 saturated heterocycles. The third kappa shape index (κ3) is 3.51. The second-order valence-corrected chi connectivity index (χ2v) is 8.86. The lowest BCUT2D eigenvalue weighted by molar-refractivity contribution is 0.241. The standard InChI is InChI=1S/C20H23N3O3S/c1-14-7-9-16(10-8-14)27(25,26)22-20(24)21-18-11-13-23-12-3-5-15-4-2-6-17(18)19(15)23/h2,4,6-10,18H,3,5,11-13H2,1H3,(H2,21,22,24)/t18-/m1/s1. The van der Waals surface area contributed by atoms with Crippen LogP contribution in [0.25, 0.3) is 0 Å². The Bertz CT molecular complexity index is 970. The van der Waals surface area contributed by atoms with Crippen molar-refractivity contribution in [2.45, 2.75) is 37.1 Å².